The number of aromatic nitrogens is 1. The van der Waals surface area contributed by atoms with Gasteiger partial charge in [-0.15, -0.1) is 0 Å². The second-order valence-corrected chi connectivity index (χ2v) is 4.17. The van der Waals surface area contributed by atoms with Crippen LogP contribution < -0.4 is 0 Å². The molecular formula is C14H10F3NO2. The fraction of sp³-hybridized carbons (Fsp3) is 0.143. The lowest BCUT2D eigenvalue weighted by atomic mass is 10.0. The smallest absolute Gasteiger partial charge is 0.433 e. The summed E-state index contributed by atoms with van der Waals surface area (Å²) in [6, 6.07) is 9.91. The number of nitrogens with zero attached hydrogens (tertiary/aromatic N) is 1. The summed E-state index contributed by atoms with van der Waals surface area (Å²) in [4.78, 5) is 14.1. The third-order valence-electron chi connectivity index (χ3n) is 2.68. The van der Waals surface area contributed by atoms with Gasteiger partial charge in [0.2, 0.25) is 0 Å². The van der Waals surface area contributed by atoms with E-state index in [0.29, 0.717) is 11.1 Å². The molecule has 3 nitrogen and oxygen atoms in total. The number of hydrogen-bond acceptors (Lipinski definition) is 2. The van der Waals surface area contributed by atoms with Crippen molar-refractivity contribution >= 4 is 5.97 Å². The third kappa shape index (κ3) is 3.14. The summed E-state index contributed by atoms with van der Waals surface area (Å²) in [5.74, 6) is -1.33. The minimum absolute atomic E-state index is 0.341. The van der Waals surface area contributed by atoms with E-state index in [1.54, 1.807) is 30.3 Å². The van der Waals surface area contributed by atoms with Crippen LogP contribution in [0.25, 0.3) is 11.1 Å². The maximum atomic E-state index is 12.8. The predicted molar refractivity (Wildman–Crippen MR) is 66.0 cm³/mol. The van der Waals surface area contributed by atoms with Gasteiger partial charge in [-0.25, -0.2) is 0 Å². The number of pyridine rings is 1. The molecule has 0 bridgehead atoms. The first-order chi connectivity index (χ1) is 9.38. The highest BCUT2D eigenvalue weighted by Gasteiger charge is 2.35. The average Bonchev–Trinajstić information content (AvgIpc) is 2.37. The SMILES string of the molecule is O=C(O)Cc1cc(-c2ccccc2)cnc1C(F)(F)F. The van der Waals surface area contributed by atoms with Crippen molar-refractivity contribution in [1.29, 1.82) is 0 Å². The number of aliphatic carboxylic acids is 1. The summed E-state index contributed by atoms with van der Waals surface area (Å²) < 4.78 is 38.3. The van der Waals surface area contributed by atoms with Crippen molar-refractivity contribution in [2.75, 3.05) is 0 Å². The Balaban J connectivity index is 2.51. The van der Waals surface area contributed by atoms with Gasteiger partial charge in [-0.3, -0.25) is 9.78 Å². The van der Waals surface area contributed by atoms with Gasteiger partial charge in [0.1, 0.15) is 5.69 Å². The first kappa shape index (κ1) is 14.0. The normalized spacial score (nSPS) is 11.3. The fourth-order valence-corrected chi connectivity index (χ4v) is 1.85. The fourth-order valence-electron chi connectivity index (χ4n) is 1.85. The van der Waals surface area contributed by atoms with Crippen LogP contribution in [0.15, 0.2) is 42.6 Å². The van der Waals surface area contributed by atoms with Crippen molar-refractivity contribution in [3.8, 4) is 11.1 Å². The van der Waals surface area contributed by atoms with Crippen LogP contribution in [0.4, 0.5) is 13.2 Å². The van der Waals surface area contributed by atoms with E-state index in [1.165, 1.54) is 6.07 Å². The summed E-state index contributed by atoms with van der Waals surface area (Å²) in [7, 11) is 0. The molecule has 2 aromatic rings. The molecule has 104 valence electrons. The molecule has 0 amide bonds. The van der Waals surface area contributed by atoms with Crippen LogP contribution in [0, 0.1) is 0 Å². The van der Waals surface area contributed by atoms with Crippen LogP contribution in [0.2, 0.25) is 0 Å². The van der Waals surface area contributed by atoms with Crippen LogP contribution in [0.5, 0.6) is 0 Å². The molecule has 1 N–H and O–H groups in total. The Morgan fingerprint density at radius 3 is 2.35 bits per heavy atom. The number of rotatable bonds is 3. The van der Waals surface area contributed by atoms with Gasteiger partial charge in [0, 0.05) is 11.8 Å². The summed E-state index contributed by atoms with van der Waals surface area (Å²) in [5, 5.41) is 8.72. The molecule has 0 saturated heterocycles. The predicted octanol–water partition coefficient (Wildman–Crippen LogP) is 3.39. The zero-order valence-electron chi connectivity index (χ0n) is 10.2. The molecule has 1 aromatic carbocycles. The van der Waals surface area contributed by atoms with Gasteiger partial charge < -0.3 is 5.11 Å². The summed E-state index contributed by atoms with van der Waals surface area (Å²) in [6.45, 7) is 0. The standard InChI is InChI=1S/C14H10F3NO2/c15-14(16,17)13-10(7-12(19)20)6-11(8-18-13)9-4-2-1-3-5-9/h1-6,8H,7H2,(H,19,20). The lowest BCUT2D eigenvalue weighted by molar-refractivity contribution is -0.142. The zero-order chi connectivity index (χ0) is 14.8. The highest BCUT2D eigenvalue weighted by molar-refractivity contribution is 5.72. The number of hydrogen-bond donors (Lipinski definition) is 1. The van der Waals surface area contributed by atoms with E-state index >= 15 is 0 Å². The van der Waals surface area contributed by atoms with Crippen molar-refractivity contribution in [2.45, 2.75) is 12.6 Å². The maximum absolute atomic E-state index is 12.8. The molecule has 2 rings (SSSR count). The Morgan fingerprint density at radius 1 is 1.15 bits per heavy atom. The first-order valence-electron chi connectivity index (χ1n) is 5.71. The van der Waals surface area contributed by atoms with Crippen LogP contribution in [-0.2, 0) is 17.4 Å². The van der Waals surface area contributed by atoms with E-state index in [4.69, 9.17) is 5.11 Å². The summed E-state index contributed by atoms with van der Waals surface area (Å²) in [6.07, 6.45) is -4.29. The van der Waals surface area contributed by atoms with Gasteiger partial charge >= 0.3 is 12.1 Å². The molecule has 0 aliphatic heterocycles. The Labute approximate surface area is 112 Å². The van der Waals surface area contributed by atoms with Crippen molar-refractivity contribution in [3.63, 3.8) is 0 Å². The van der Waals surface area contributed by atoms with Crippen molar-refractivity contribution in [2.24, 2.45) is 0 Å². The van der Waals surface area contributed by atoms with Gasteiger partial charge in [-0.1, -0.05) is 30.3 Å². The number of benzene rings is 1. The second kappa shape index (κ2) is 5.32. The van der Waals surface area contributed by atoms with Crippen molar-refractivity contribution in [1.82, 2.24) is 4.98 Å². The molecule has 0 saturated carbocycles. The second-order valence-electron chi connectivity index (χ2n) is 4.17. The molecule has 0 fully saturated rings. The minimum atomic E-state index is -4.67. The molecular weight excluding hydrogens is 271 g/mol. The van der Waals surface area contributed by atoms with Gasteiger partial charge in [0.25, 0.3) is 0 Å². The highest BCUT2D eigenvalue weighted by Crippen LogP contribution is 2.32. The Hall–Kier alpha value is -2.37. The van der Waals surface area contributed by atoms with Gasteiger partial charge in [0.05, 0.1) is 6.42 Å². The molecule has 1 aromatic heterocycles. The van der Waals surface area contributed by atoms with Gasteiger partial charge in [-0.05, 0) is 17.2 Å². The number of carboxylic acid groups (broad SMARTS) is 1. The van der Waals surface area contributed by atoms with Crippen molar-refractivity contribution < 1.29 is 23.1 Å². The summed E-state index contributed by atoms with van der Waals surface area (Å²) >= 11 is 0. The number of carboxylic acids is 1. The Kier molecular flexibility index (Phi) is 3.74. The highest BCUT2D eigenvalue weighted by atomic mass is 19.4. The third-order valence-corrected chi connectivity index (χ3v) is 2.68. The van der Waals surface area contributed by atoms with E-state index < -0.39 is 24.3 Å². The molecule has 0 aliphatic rings. The van der Waals surface area contributed by atoms with Gasteiger partial charge in [0.15, 0.2) is 0 Å². The molecule has 0 spiro atoms. The van der Waals surface area contributed by atoms with Crippen LogP contribution in [0.1, 0.15) is 11.3 Å². The maximum Gasteiger partial charge on any atom is 0.433 e. The molecule has 6 heteroatoms. The largest absolute Gasteiger partial charge is 0.481 e. The molecule has 0 aliphatic carbocycles. The zero-order valence-corrected chi connectivity index (χ0v) is 10.2. The Bertz CT molecular complexity index is 624. The van der Waals surface area contributed by atoms with E-state index in [2.05, 4.69) is 4.98 Å². The first-order valence-corrected chi connectivity index (χ1v) is 5.71. The average molecular weight is 281 g/mol. The molecule has 20 heavy (non-hydrogen) atoms. The number of carbonyl (C=O) groups is 1. The number of alkyl halides is 3. The monoisotopic (exact) mass is 281 g/mol. The van der Waals surface area contributed by atoms with Crippen LogP contribution in [-0.4, -0.2) is 16.1 Å². The van der Waals surface area contributed by atoms with E-state index in [1.807, 2.05) is 0 Å². The Morgan fingerprint density at radius 2 is 1.80 bits per heavy atom. The minimum Gasteiger partial charge on any atom is -0.481 e. The van der Waals surface area contributed by atoms with E-state index in [-0.39, 0.29) is 5.56 Å². The van der Waals surface area contributed by atoms with Gasteiger partial charge in [-0.2, -0.15) is 13.2 Å². The molecule has 0 radical (unpaired) electrons. The van der Waals surface area contributed by atoms with Crippen LogP contribution >= 0.6 is 0 Å². The lowest BCUT2D eigenvalue weighted by Crippen LogP contribution is -2.14. The quantitative estimate of drug-likeness (QED) is 0.938. The van der Waals surface area contributed by atoms with E-state index in [0.717, 1.165) is 6.20 Å². The number of halogens is 3. The summed E-state index contributed by atoms with van der Waals surface area (Å²) in [5.41, 5.74) is -0.360. The molecule has 1 heterocycles. The molecule has 0 atom stereocenters. The van der Waals surface area contributed by atoms with E-state index in [9.17, 15) is 18.0 Å². The van der Waals surface area contributed by atoms with Crippen molar-refractivity contribution in [3.05, 3.63) is 53.9 Å². The topological polar surface area (TPSA) is 50.2 Å². The molecule has 0 unspecified atom stereocenters. The van der Waals surface area contributed by atoms with Crippen LogP contribution in [0.3, 0.4) is 0 Å². The lowest BCUT2D eigenvalue weighted by Gasteiger charge is -2.12.